The number of hydrogen-bond donors (Lipinski definition) is 3. The summed E-state index contributed by atoms with van der Waals surface area (Å²) in [6.45, 7) is 7.93. The lowest BCUT2D eigenvalue weighted by molar-refractivity contribution is 0.00614. The van der Waals surface area contributed by atoms with E-state index in [9.17, 15) is 5.11 Å². The van der Waals surface area contributed by atoms with Crippen LogP contribution in [-0.4, -0.2) is 48.7 Å². The van der Waals surface area contributed by atoms with E-state index in [1.165, 1.54) is 0 Å². The van der Waals surface area contributed by atoms with E-state index in [4.69, 9.17) is 9.84 Å². The number of ether oxygens (including phenoxy) is 1. The predicted molar refractivity (Wildman–Crippen MR) is 60.8 cm³/mol. The van der Waals surface area contributed by atoms with E-state index in [0.717, 1.165) is 13.0 Å². The Morgan fingerprint density at radius 3 is 2.40 bits per heavy atom. The molecule has 0 saturated heterocycles. The Morgan fingerprint density at radius 1 is 1.20 bits per heavy atom. The summed E-state index contributed by atoms with van der Waals surface area (Å²) in [5.74, 6) is 0.438. The second kappa shape index (κ2) is 9.09. The van der Waals surface area contributed by atoms with Crippen molar-refractivity contribution >= 4 is 0 Å². The molecule has 0 aromatic rings. The first-order valence-electron chi connectivity index (χ1n) is 5.67. The van der Waals surface area contributed by atoms with Crippen molar-refractivity contribution in [3.8, 4) is 0 Å². The Balaban J connectivity index is 3.34. The fourth-order valence-corrected chi connectivity index (χ4v) is 1.18. The smallest absolute Gasteiger partial charge is 0.0897 e. The van der Waals surface area contributed by atoms with Gasteiger partial charge < -0.3 is 20.3 Å². The molecule has 2 unspecified atom stereocenters. The SMILES string of the molecule is CC(CCO)CNCC(O)COC(C)C. The van der Waals surface area contributed by atoms with E-state index in [0.29, 0.717) is 19.1 Å². The van der Waals surface area contributed by atoms with Crippen LogP contribution in [0.2, 0.25) is 0 Å². The summed E-state index contributed by atoms with van der Waals surface area (Å²) in [6, 6.07) is 0. The van der Waals surface area contributed by atoms with Crippen LogP contribution in [0.3, 0.4) is 0 Å². The van der Waals surface area contributed by atoms with Gasteiger partial charge in [0.2, 0.25) is 0 Å². The second-order valence-corrected chi connectivity index (χ2v) is 4.31. The molecule has 0 fully saturated rings. The van der Waals surface area contributed by atoms with Gasteiger partial charge in [-0.1, -0.05) is 6.92 Å². The zero-order valence-corrected chi connectivity index (χ0v) is 10.1. The Bertz CT molecular complexity index is 142. The van der Waals surface area contributed by atoms with Crippen molar-refractivity contribution in [1.82, 2.24) is 5.32 Å². The lowest BCUT2D eigenvalue weighted by Crippen LogP contribution is -2.33. The molecule has 0 amide bonds. The molecule has 0 bridgehead atoms. The normalized spacial score (nSPS) is 15.6. The molecular formula is C11H25NO3. The highest BCUT2D eigenvalue weighted by Crippen LogP contribution is 1.98. The summed E-state index contributed by atoms with van der Waals surface area (Å²) in [7, 11) is 0. The number of hydrogen-bond acceptors (Lipinski definition) is 4. The van der Waals surface area contributed by atoms with Crippen LogP contribution >= 0.6 is 0 Å². The van der Waals surface area contributed by atoms with Crippen LogP contribution in [0.5, 0.6) is 0 Å². The number of rotatable bonds is 9. The van der Waals surface area contributed by atoms with Crippen molar-refractivity contribution < 1.29 is 14.9 Å². The molecule has 0 heterocycles. The lowest BCUT2D eigenvalue weighted by atomic mass is 10.1. The molecule has 0 aromatic carbocycles. The predicted octanol–water partition coefficient (Wildman–Crippen LogP) is 0.380. The monoisotopic (exact) mass is 219 g/mol. The Kier molecular flexibility index (Phi) is 9.00. The third-order valence-electron chi connectivity index (χ3n) is 2.12. The van der Waals surface area contributed by atoms with Gasteiger partial charge in [-0.05, 0) is 32.7 Å². The van der Waals surface area contributed by atoms with Crippen molar-refractivity contribution in [1.29, 1.82) is 0 Å². The molecule has 3 N–H and O–H groups in total. The molecule has 15 heavy (non-hydrogen) atoms. The molecule has 0 aromatic heterocycles. The van der Waals surface area contributed by atoms with Crippen LogP contribution < -0.4 is 5.32 Å². The Hall–Kier alpha value is -0.160. The standard InChI is InChI=1S/C11H25NO3/c1-9(2)15-8-11(14)7-12-6-10(3)4-5-13/h9-14H,4-8H2,1-3H3. The molecular weight excluding hydrogens is 194 g/mol. The zero-order valence-electron chi connectivity index (χ0n) is 10.1. The van der Waals surface area contributed by atoms with E-state index in [-0.39, 0.29) is 12.7 Å². The van der Waals surface area contributed by atoms with Crippen molar-refractivity contribution in [3.63, 3.8) is 0 Å². The van der Waals surface area contributed by atoms with Gasteiger partial charge in [0.15, 0.2) is 0 Å². The van der Waals surface area contributed by atoms with Crippen molar-refractivity contribution in [2.75, 3.05) is 26.3 Å². The summed E-state index contributed by atoms with van der Waals surface area (Å²) >= 11 is 0. The quantitative estimate of drug-likeness (QED) is 0.525. The van der Waals surface area contributed by atoms with Crippen LogP contribution in [-0.2, 0) is 4.74 Å². The third kappa shape index (κ3) is 10.1. The van der Waals surface area contributed by atoms with Gasteiger partial charge in [0, 0.05) is 13.2 Å². The number of nitrogens with one attached hydrogen (secondary N) is 1. The fraction of sp³-hybridized carbons (Fsp3) is 1.00. The van der Waals surface area contributed by atoms with Crippen molar-refractivity contribution in [2.45, 2.75) is 39.4 Å². The Labute approximate surface area is 92.6 Å². The second-order valence-electron chi connectivity index (χ2n) is 4.31. The first kappa shape index (κ1) is 14.8. The van der Waals surface area contributed by atoms with Gasteiger partial charge in [0.25, 0.3) is 0 Å². The van der Waals surface area contributed by atoms with Crippen LogP contribution in [0.15, 0.2) is 0 Å². The van der Waals surface area contributed by atoms with Gasteiger partial charge in [0.1, 0.15) is 0 Å². The first-order valence-corrected chi connectivity index (χ1v) is 5.67. The molecule has 0 aliphatic rings. The average Bonchev–Trinajstić information content (AvgIpc) is 2.15. The highest BCUT2D eigenvalue weighted by molar-refractivity contribution is 4.62. The van der Waals surface area contributed by atoms with Gasteiger partial charge in [-0.2, -0.15) is 0 Å². The van der Waals surface area contributed by atoms with Crippen LogP contribution in [0.4, 0.5) is 0 Å². The minimum absolute atomic E-state index is 0.160. The highest BCUT2D eigenvalue weighted by atomic mass is 16.5. The van der Waals surface area contributed by atoms with Crippen LogP contribution in [0.25, 0.3) is 0 Å². The molecule has 0 aliphatic heterocycles. The molecule has 0 aliphatic carbocycles. The van der Waals surface area contributed by atoms with Gasteiger partial charge in [-0.25, -0.2) is 0 Å². The summed E-state index contributed by atoms with van der Waals surface area (Å²) in [5.41, 5.74) is 0. The molecule has 0 rings (SSSR count). The fourth-order valence-electron chi connectivity index (χ4n) is 1.18. The molecule has 0 saturated carbocycles. The van der Waals surface area contributed by atoms with E-state index in [2.05, 4.69) is 12.2 Å². The molecule has 0 spiro atoms. The number of aliphatic hydroxyl groups is 2. The lowest BCUT2D eigenvalue weighted by Gasteiger charge is -2.16. The topological polar surface area (TPSA) is 61.7 Å². The van der Waals surface area contributed by atoms with E-state index >= 15 is 0 Å². The molecule has 4 heteroatoms. The van der Waals surface area contributed by atoms with Gasteiger partial charge in [0.05, 0.1) is 18.8 Å². The molecule has 4 nitrogen and oxygen atoms in total. The maximum atomic E-state index is 9.50. The minimum Gasteiger partial charge on any atom is -0.396 e. The minimum atomic E-state index is -0.450. The number of aliphatic hydroxyl groups excluding tert-OH is 2. The van der Waals surface area contributed by atoms with E-state index in [1.54, 1.807) is 0 Å². The molecule has 0 radical (unpaired) electrons. The largest absolute Gasteiger partial charge is 0.396 e. The first-order chi connectivity index (χ1) is 7.06. The maximum absolute atomic E-state index is 9.50. The van der Waals surface area contributed by atoms with Gasteiger partial charge >= 0.3 is 0 Å². The third-order valence-corrected chi connectivity index (χ3v) is 2.12. The summed E-state index contributed by atoms with van der Waals surface area (Å²) in [6.07, 6.45) is 0.507. The van der Waals surface area contributed by atoms with E-state index < -0.39 is 6.10 Å². The average molecular weight is 219 g/mol. The summed E-state index contributed by atoms with van der Waals surface area (Å²) in [5, 5.41) is 21.3. The highest BCUT2D eigenvalue weighted by Gasteiger charge is 2.06. The van der Waals surface area contributed by atoms with Gasteiger partial charge in [-0.15, -0.1) is 0 Å². The summed E-state index contributed by atoms with van der Waals surface area (Å²) in [4.78, 5) is 0. The molecule has 2 atom stereocenters. The zero-order chi connectivity index (χ0) is 11.7. The van der Waals surface area contributed by atoms with Crippen LogP contribution in [0, 0.1) is 5.92 Å². The Morgan fingerprint density at radius 2 is 1.87 bits per heavy atom. The van der Waals surface area contributed by atoms with E-state index in [1.807, 2.05) is 13.8 Å². The van der Waals surface area contributed by atoms with Crippen LogP contribution in [0.1, 0.15) is 27.2 Å². The van der Waals surface area contributed by atoms with Crippen molar-refractivity contribution in [3.05, 3.63) is 0 Å². The maximum Gasteiger partial charge on any atom is 0.0897 e. The van der Waals surface area contributed by atoms with Crippen molar-refractivity contribution in [2.24, 2.45) is 5.92 Å². The van der Waals surface area contributed by atoms with Gasteiger partial charge in [-0.3, -0.25) is 0 Å². The molecule has 92 valence electrons. The summed E-state index contributed by atoms with van der Waals surface area (Å²) < 4.78 is 5.28.